The van der Waals surface area contributed by atoms with E-state index in [0.717, 1.165) is 0 Å². The number of pyridine rings is 1. The molecule has 4 nitrogen and oxygen atoms in total. The highest BCUT2D eigenvalue weighted by molar-refractivity contribution is 14.1. The van der Waals surface area contributed by atoms with E-state index in [1.54, 1.807) is 18.3 Å². The molecule has 1 aromatic rings. The minimum absolute atomic E-state index is 0.299. The van der Waals surface area contributed by atoms with Crippen LogP contribution in [-0.2, 0) is 11.2 Å². The van der Waals surface area contributed by atoms with Gasteiger partial charge in [0, 0.05) is 16.2 Å². The number of alkyl halides is 1. The van der Waals surface area contributed by atoms with Gasteiger partial charge in [-0.15, -0.1) is 0 Å². The topological polar surface area (TPSA) is 67.3 Å². The number of carbonyl (C=O) groups excluding carboxylic acids is 1. The summed E-state index contributed by atoms with van der Waals surface area (Å²) in [4.78, 5) is 27.6. The molecule has 0 radical (unpaired) electrons. The number of nitrogens with zero attached hydrogens (tertiary/aromatic N) is 1. The van der Waals surface area contributed by atoms with E-state index in [-0.39, 0.29) is 5.78 Å². The number of Topliss-reactive ketones (excluding diaryl/α,β-unsaturated/α-hetero) is 1. The molecule has 0 amide bonds. The van der Waals surface area contributed by atoms with Gasteiger partial charge in [0.05, 0.1) is 5.69 Å². The Kier molecular flexibility index (Phi) is 2.96. The standard InChI is InChI=1S/C11H10INO3/c12-6-11(10(15)16)4-3-8-7(9(11)14)2-1-5-13-8/h1-2,5H,3-4,6H2,(H,15,16). The Balaban J connectivity index is 2.52. The van der Waals surface area contributed by atoms with Gasteiger partial charge >= 0.3 is 5.97 Å². The van der Waals surface area contributed by atoms with Crippen molar-refractivity contribution in [1.82, 2.24) is 4.98 Å². The van der Waals surface area contributed by atoms with Gasteiger partial charge in [-0.1, -0.05) is 22.6 Å². The molecule has 0 spiro atoms. The lowest BCUT2D eigenvalue weighted by atomic mass is 9.73. The summed E-state index contributed by atoms with van der Waals surface area (Å²) >= 11 is 1.97. The molecule has 1 N–H and O–H groups in total. The molecular weight excluding hydrogens is 321 g/mol. The number of aliphatic carboxylic acids is 1. The number of hydrogen-bond acceptors (Lipinski definition) is 3. The third-order valence-electron chi connectivity index (χ3n) is 3.00. The van der Waals surface area contributed by atoms with Crippen LogP contribution in [0.3, 0.4) is 0 Å². The smallest absolute Gasteiger partial charge is 0.318 e. The van der Waals surface area contributed by atoms with Crippen molar-refractivity contribution in [3.63, 3.8) is 0 Å². The average molecular weight is 331 g/mol. The molecule has 1 unspecified atom stereocenters. The first kappa shape index (κ1) is 11.5. The number of halogens is 1. The van der Waals surface area contributed by atoms with Gasteiger partial charge in [0.15, 0.2) is 5.78 Å². The molecule has 1 heterocycles. The molecular formula is C11H10INO3. The second-order valence-corrected chi connectivity index (χ2v) is 4.61. The van der Waals surface area contributed by atoms with Crippen LogP contribution in [0.1, 0.15) is 22.5 Å². The van der Waals surface area contributed by atoms with Crippen LogP contribution in [-0.4, -0.2) is 26.3 Å². The summed E-state index contributed by atoms with van der Waals surface area (Å²) in [6.45, 7) is 0. The summed E-state index contributed by atoms with van der Waals surface area (Å²) < 4.78 is 0.299. The fourth-order valence-corrected chi connectivity index (χ4v) is 2.99. The number of ketones is 1. The van der Waals surface area contributed by atoms with E-state index < -0.39 is 11.4 Å². The minimum Gasteiger partial charge on any atom is -0.480 e. The second kappa shape index (κ2) is 4.12. The zero-order valence-corrected chi connectivity index (χ0v) is 10.6. The molecule has 0 aliphatic heterocycles. The normalized spacial score (nSPS) is 23.9. The quantitative estimate of drug-likeness (QED) is 0.509. The number of carbonyl (C=O) groups is 2. The summed E-state index contributed by atoms with van der Waals surface area (Å²) in [7, 11) is 0. The third-order valence-corrected chi connectivity index (χ3v) is 4.30. The van der Waals surface area contributed by atoms with Crippen LogP contribution in [0.25, 0.3) is 0 Å². The lowest BCUT2D eigenvalue weighted by Crippen LogP contribution is -2.44. The van der Waals surface area contributed by atoms with Crippen molar-refractivity contribution in [3.8, 4) is 0 Å². The molecule has 84 valence electrons. The molecule has 1 aliphatic carbocycles. The molecule has 1 aromatic heterocycles. The number of hydrogen-bond donors (Lipinski definition) is 1. The van der Waals surface area contributed by atoms with Crippen LogP contribution >= 0.6 is 22.6 Å². The monoisotopic (exact) mass is 331 g/mol. The predicted octanol–water partition coefficient (Wildman–Crippen LogP) is 1.72. The van der Waals surface area contributed by atoms with E-state index in [1.807, 2.05) is 22.6 Å². The van der Waals surface area contributed by atoms with Gasteiger partial charge in [0.25, 0.3) is 0 Å². The van der Waals surface area contributed by atoms with Crippen molar-refractivity contribution in [2.45, 2.75) is 12.8 Å². The van der Waals surface area contributed by atoms with Gasteiger partial charge in [0.1, 0.15) is 5.41 Å². The van der Waals surface area contributed by atoms with Crippen LogP contribution in [0.4, 0.5) is 0 Å². The van der Waals surface area contributed by atoms with Crippen LogP contribution in [0.5, 0.6) is 0 Å². The summed E-state index contributed by atoms with van der Waals surface area (Å²) in [6.07, 6.45) is 2.52. The molecule has 0 aromatic carbocycles. The highest BCUT2D eigenvalue weighted by atomic mass is 127. The van der Waals surface area contributed by atoms with Gasteiger partial charge < -0.3 is 5.11 Å². The van der Waals surface area contributed by atoms with Gasteiger partial charge in [-0.3, -0.25) is 14.6 Å². The lowest BCUT2D eigenvalue weighted by molar-refractivity contribution is -0.145. The van der Waals surface area contributed by atoms with Crippen LogP contribution < -0.4 is 0 Å². The lowest BCUT2D eigenvalue weighted by Gasteiger charge is -2.30. The van der Waals surface area contributed by atoms with Crippen LogP contribution in [0, 0.1) is 5.41 Å². The second-order valence-electron chi connectivity index (χ2n) is 3.85. The Labute approximate surface area is 106 Å². The van der Waals surface area contributed by atoms with Gasteiger partial charge in [-0.05, 0) is 25.0 Å². The molecule has 2 rings (SSSR count). The van der Waals surface area contributed by atoms with Gasteiger partial charge in [0.2, 0.25) is 0 Å². The third kappa shape index (κ3) is 1.53. The number of rotatable bonds is 2. The Morgan fingerprint density at radius 1 is 1.62 bits per heavy atom. The van der Waals surface area contributed by atoms with Gasteiger partial charge in [-0.25, -0.2) is 0 Å². The van der Waals surface area contributed by atoms with Crippen molar-refractivity contribution in [2.24, 2.45) is 5.41 Å². The van der Waals surface area contributed by atoms with E-state index in [1.165, 1.54) is 0 Å². The zero-order chi connectivity index (χ0) is 11.8. The van der Waals surface area contributed by atoms with Crippen molar-refractivity contribution in [1.29, 1.82) is 0 Å². The Hall–Kier alpha value is -0.980. The number of aromatic nitrogens is 1. The first-order valence-electron chi connectivity index (χ1n) is 4.90. The van der Waals surface area contributed by atoms with E-state index in [2.05, 4.69) is 4.98 Å². The molecule has 0 fully saturated rings. The molecule has 0 bridgehead atoms. The number of aryl methyl sites for hydroxylation is 1. The summed E-state index contributed by atoms with van der Waals surface area (Å²) in [5.41, 5.74) is -0.0709. The van der Waals surface area contributed by atoms with Crippen molar-refractivity contribution in [2.75, 3.05) is 4.43 Å². The number of fused-ring (bicyclic) bond motifs is 1. The molecule has 5 heteroatoms. The highest BCUT2D eigenvalue weighted by Crippen LogP contribution is 2.36. The fraction of sp³-hybridized carbons (Fsp3) is 0.364. The maximum Gasteiger partial charge on any atom is 0.318 e. The largest absolute Gasteiger partial charge is 0.480 e. The average Bonchev–Trinajstić information content (AvgIpc) is 2.30. The van der Waals surface area contributed by atoms with Crippen molar-refractivity contribution in [3.05, 3.63) is 29.6 Å². The predicted molar refractivity (Wildman–Crippen MR) is 65.8 cm³/mol. The van der Waals surface area contributed by atoms with Crippen molar-refractivity contribution < 1.29 is 14.7 Å². The highest BCUT2D eigenvalue weighted by Gasteiger charge is 2.48. The van der Waals surface area contributed by atoms with Crippen LogP contribution in [0.15, 0.2) is 18.3 Å². The molecule has 1 aliphatic rings. The maximum absolute atomic E-state index is 12.2. The number of carboxylic acid groups (broad SMARTS) is 1. The van der Waals surface area contributed by atoms with E-state index in [4.69, 9.17) is 0 Å². The van der Waals surface area contributed by atoms with E-state index >= 15 is 0 Å². The molecule has 1 atom stereocenters. The fourth-order valence-electron chi connectivity index (χ4n) is 1.94. The molecule has 0 saturated carbocycles. The number of carboxylic acids is 1. The Morgan fingerprint density at radius 2 is 2.38 bits per heavy atom. The van der Waals surface area contributed by atoms with Gasteiger partial charge in [-0.2, -0.15) is 0 Å². The molecule has 0 saturated heterocycles. The zero-order valence-electron chi connectivity index (χ0n) is 8.44. The van der Waals surface area contributed by atoms with E-state index in [9.17, 15) is 14.7 Å². The maximum atomic E-state index is 12.2. The first-order valence-corrected chi connectivity index (χ1v) is 6.42. The van der Waals surface area contributed by atoms with Crippen molar-refractivity contribution >= 4 is 34.3 Å². The Morgan fingerprint density at radius 3 is 3.00 bits per heavy atom. The first-order chi connectivity index (χ1) is 7.62. The molecule has 16 heavy (non-hydrogen) atoms. The Bertz CT molecular complexity index is 460. The summed E-state index contributed by atoms with van der Waals surface area (Å²) in [5.74, 6) is -1.33. The minimum atomic E-state index is -1.25. The summed E-state index contributed by atoms with van der Waals surface area (Å²) in [5, 5.41) is 9.24. The summed E-state index contributed by atoms with van der Waals surface area (Å²) in [6, 6.07) is 3.33. The van der Waals surface area contributed by atoms with E-state index in [0.29, 0.717) is 28.5 Å². The van der Waals surface area contributed by atoms with Crippen LogP contribution in [0.2, 0.25) is 0 Å². The SMILES string of the molecule is O=C(O)C1(CI)CCc2ncccc2C1=O.